The molecule has 0 aromatic carbocycles. The molecular weight excluding hydrogens is 172 g/mol. The first kappa shape index (κ1) is 11.7. The van der Waals surface area contributed by atoms with Crippen molar-refractivity contribution in [2.75, 3.05) is 6.54 Å². The molecule has 0 unspecified atom stereocenters. The lowest BCUT2D eigenvalue weighted by Gasteiger charge is -2.18. The van der Waals surface area contributed by atoms with Crippen LogP contribution >= 0.6 is 0 Å². The molecule has 6 heteroatoms. The maximum absolute atomic E-state index is 10.5. The number of carboxylic acids is 1. The van der Waals surface area contributed by atoms with E-state index in [0.717, 1.165) is 0 Å². The van der Waals surface area contributed by atoms with Gasteiger partial charge in [-0.05, 0) is 25.3 Å². The van der Waals surface area contributed by atoms with Gasteiger partial charge in [-0.3, -0.25) is 4.79 Å². The molecule has 0 aliphatic heterocycles. The fourth-order valence-corrected chi connectivity index (χ4v) is 0.826. The summed E-state index contributed by atoms with van der Waals surface area (Å²) in [6.07, 6.45) is 1.71. The number of rotatable bonds is 6. The average Bonchev–Trinajstić information content (AvgIpc) is 2.03. The van der Waals surface area contributed by atoms with Crippen LogP contribution in [-0.4, -0.2) is 23.2 Å². The van der Waals surface area contributed by atoms with E-state index in [9.17, 15) is 4.79 Å². The highest BCUT2D eigenvalue weighted by molar-refractivity contribution is 5.77. The molecule has 0 amide bonds. The van der Waals surface area contributed by atoms with Crippen molar-refractivity contribution >= 4 is 5.97 Å². The van der Waals surface area contributed by atoms with E-state index in [1.165, 1.54) is 6.92 Å². The average molecular weight is 186 g/mol. The van der Waals surface area contributed by atoms with E-state index in [4.69, 9.17) is 16.4 Å². The zero-order valence-electron chi connectivity index (χ0n) is 7.60. The van der Waals surface area contributed by atoms with Crippen LogP contribution in [0.25, 0.3) is 10.4 Å². The maximum Gasteiger partial charge on any atom is 0.323 e. The predicted molar refractivity (Wildman–Crippen MR) is 48.1 cm³/mol. The number of aliphatic carboxylic acids is 1. The van der Waals surface area contributed by atoms with Gasteiger partial charge in [-0.1, -0.05) is 11.5 Å². The van der Waals surface area contributed by atoms with Crippen molar-refractivity contribution in [2.24, 2.45) is 10.8 Å². The van der Waals surface area contributed by atoms with Crippen molar-refractivity contribution in [3.05, 3.63) is 10.4 Å². The fourth-order valence-electron chi connectivity index (χ4n) is 0.826. The second kappa shape index (κ2) is 5.40. The van der Waals surface area contributed by atoms with E-state index in [-0.39, 0.29) is 0 Å². The van der Waals surface area contributed by atoms with Crippen molar-refractivity contribution in [1.82, 2.24) is 0 Å². The Kier molecular flexibility index (Phi) is 4.87. The molecule has 0 heterocycles. The number of unbranched alkanes of at least 4 members (excludes halogenated alkanes) is 1. The van der Waals surface area contributed by atoms with Gasteiger partial charge in [0.25, 0.3) is 0 Å². The summed E-state index contributed by atoms with van der Waals surface area (Å²) in [7, 11) is 0. The Bertz CT molecular complexity index is 221. The lowest BCUT2D eigenvalue weighted by Crippen LogP contribution is -2.44. The van der Waals surface area contributed by atoms with Gasteiger partial charge in [0.05, 0.1) is 0 Å². The van der Waals surface area contributed by atoms with Gasteiger partial charge < -0.3 is 10.8 Å². The fraction of sp³-hybridized carbons (Fsp3) is 0.857. The Labute approximate surface area is 76.4 Å². The lowest BCUT2D eigenvalue weighted by atomic mass is 9.96. The molecule has 0 saturated heterocycles. The van der Waals surface area contributed by atoms with Crippen LogP contribution < -0.4 is 5.73 Å². The van der Waals surface area contributed by atoms with Crippen LogP contribution in [0, 0.1) is 0 Å². The second-order valence-corrected chi connectivity index (χ2v) is 3.13. The van der Waals surface area contributed by atoms with E-state index in [1.54, 1.807) is 0 Å². The first-order valence-corrected chi connectivity index (χ1v) is 4.04. The van der Waals surface area contributed by atoms with Crippen molar-refractivity contribution in [1.29, 1.82) is 0 Å². The third-order valence-corrected chi connectivity index (χ3v) is 1.76. The van der Waals surface area contributed by atoms with Gasteiger partial charge in [0, 0.05) is 11.5 Å². The van der Waals surface area contributed by atoms with Crippen LogP contribution in [0.15, 0.2) is 5.11 Å². The van der Waals surface area contributed by atoms with Crippen molar-refractivity contribution in [2.45, 2.75) is 31.7 Å². The molecule has 0 fully saturated rings. The zero-order valence-corrected chi connectivity index (χ0v) is 7.60. The summed E-state index contributed by atoms with van der Waals surface area (Å²) in [5.74, 6) is -1.00. The van der Waals surface area contributed by atoms with E-state index >= 15 is 0 Å². The molecule has 0 rings (SSSR count). The molecule has 0 radical (unpaired) electrons. The highest BCUT2D eigenvalue weighted by Crippen LogP contribution is 2.10. The number of carboxylic acid groups (broad SMARTS) is 1. The normalized spacial score (nSPS) is 14.3. The monoisotopic (exact) mass is 186 g/mol. The zero-order chi connectivity index (χ0) is 10.3. The second-order valence-electron chi connectivity index (χ2n) is 3.13. The molecule has 0 spiro atoms. The summed E-state index contributed by atoms with van der Waals surface area (Å²) >= 11 is 0. The third kappa shape index (κ3) is 5.05. The van der Waals surface area contributed by atoms with Gasteiger partial charge in [-0.15, -0.1) is 0 Å². The Hall–Kier alpha value is -1.26. The van der Waals surface area contributed by atoms with Gasteiger partial charge in [0.1, 0.15) is 5.54 Å². The minimum absolute atomic E-state index is 0.392. The Morgan fingerprint density at radius 3 is 2.77 bits per heavy atom. The topological polar surface area (TPSA) is 112 Å². The van der Waals surface area contributed by atoms with Gasteiger partial charge >= 0.3 is 5.97 Å². The maximum atomic E-state index is 10.5. The van der Waals surface area contributed by atoms with Crippen LogP contribution in [0.1, 0.15) is 26.2 Å². The Morgan fingerprint density at radius 1 is 1.69 bits per heavy atom. The summed E-state index contributed by atoms with van der Waals surface area (Å²) < 4.78 is 0. The van der Waals surface area contributed by atoms with Crippen LogP contribution in [0.3, 0.4) is 0 Å². The summed E-state index contributed by atoms with van der Waals surface area (Å²) in [4.78, 5) is 13.1. The smallest absolute Gasteiger partial charge is 0.323 e. The first-order valence-electron chi connectivity index (χ1n) is 4.04. The van der Waals surface area contributed by atoms with Crippen molar-refractivity contribution < 1.29 is 9.90 Å². The number of azide groups is 1. The summed E-state index contributed by atoms with van der Waals surface area (Å²) in [6, 6.07) is 0. The quantitative estimate of drug-likeness (QED) is 0.282. The summed E-state index contributed by atoms with van der Waals surface area (Å²) in [5, 5.41) is 12.0. The van der Waals surface area contributed by atoms with Gasteiger partial charge in [-0.25, -0.2) is 0 Å². The number of hydrogen-bond donors (Lipinski definition) is 2. The van der Waals surface area contributed by atoms with Crippen LogP contribution in [0.2, 0.25) is 0 Å². The minimum Gasteiger partial charge on any atom is -0.480 e. The van der Waals surface area contributed by atoms with Crippen LogP contribution in [0.5, 0.6) is 0 Å². The molecule has 0 aliphatic rings. The Morgan fingerprint density at radius 2 is 2.31 bits per heavy atom. The van der Waals surface area contributed by atoms with Crippen LogP contribution in [0.4, 0.5) is 0 Å². The molecule has 1 atom stereocenters. The minimum atomic E-state index is -1.17. The number of nitrogens with two attached hydrogens (primary N) is 1. The highest BCUT2D eigenvalue weighted by atomic mass is 16.4. The molecule has 74 valence electrons. The molecule has 6 nitrogen and oxygen atoms in total. The largest absolute Gasteiger partial charge is 0.480 e. The number of carbonyl (C=O) groups is 1. The predicted octanol–water partition coefficient (Wildman–Crippen LogP) is 1.27. The molecule has 0 aromatic rings. The van der Waals surface area contributed by atoms with Gasteiger partial charge in [-0.2, -0.15) is 0 Å². The van der Waals surface area contributed by atoms with Crippen molar-refractivity contribution in [3.63, 3.8) is 0 Å². The molecule has 3 N–H and O–H groups in total. The number of hydrogen-bond acceptors (Lipinski definition) is 3. The van der Waals surface area contributed by atoms with E-state index in [2.05, 4.69) is 10.0 Å². The highest BCUT2D eigenvalue weighted by Gasteiger charge is 2.26. The van der Waals surface area contributed by atoms with Gasteiger partial charge in [0.15, 0.2) is 0 Å². The van der Waals surface area contributed by atoms with E-state index in [1.807, 2.05) is 0 Å². The molecule has 0 saturated carbocycles. The third-order valence-electron chi connectivity index (χ3n) is 1.76. The number of nitrogens with zero attached hydrogens (tertiary/aromatic N) is 3. The first-order chi connectivity index (χ1) is 6.00. The molecule has 0 aromatic heterocycles. The lowest BCUT2D eigenvalue weighted by molar-refractivity contribution is -0.142. The standard InChI is InChI=1S/C7H14N4O2/c1-7(8,6(12)13)4-2-3-5-10-11-9/h2-5,8H2,1H3,(H,12,13)/t7-/m0/s1. The SMILES string of the molecule is C[C@](N)(CCCCN=[N+]=[N-])C(=O)O. The molecule has 0 bridgehead atoms. The summed E-state index contributed by atoms with van der Waals surface area (Å²) in [6.45, 7) is 1.87. The summed E-state index contributed by atoms with van der Waals surface area (Å²) in [5.41, 5.74) is 12.3. The van der Waals surface area contributed by atoms with E-state index < -0.39 is 11.5 Å². The molecular formula is C7H14N4O2. The van der Waals surface area contributed by atoms with Crippen molar-refractivity contribution in [3.8, 4) is 0 Å². The molecule has 0 aliphatic carbocycles. The van der Waals surface area contributed by atoms with E-state index in [0.29, 0.717) is 25.8 Å². The van der Waals surface area contributed by atoms with Crippen LogP contribution in [-0.2, 0) is 4.79 Å². The molecule has 13 heavy (non-hydrogen) atoms. The van der Waals surface area contributed by atoms with Gasteiger partial charge in [0.2, 0.25) is 0 Å². The Balaban J connectivity index is 3.63.